The second-order valence-corrected chi connectivity index (χ2v) is 12.2. The van der Waals surface area contributed by atoms with Crippen LogP contribution in [-0.4, -0.2) is 67.8 Å². The highest BCUT2D eigenvalue weighted by atomic mass is 79.9. The van der Waals surface area contributed by atoms with Gasteiger partial charge in [0.05, 0.1) is 0 Å². The van der Waals surface area contributed by atoms with E-state index in [0.717, 1.165) is 39.7 Å². The van der Waals surface area contributed by atoms with Crippen molar-refractivity contribution in [3.05, 3.63) is 106 Å². The molecule has 1 fully saturated rings. The van der Waals surface area contributed by atoms with E-state index in [-0.39, 0.29) is 17.9 Å². The zero-order valence-corrected chi connectivity index (χ0v) is 25.6. The van der Waals surface area contributed by atoms with Crippen LogP contribution in [0.3, 0.4) is 0 Å². The Morgan fingerprint density at radius 3 is 2.41 bits per heavy atom. The summed E-state index contributed by atoms with van der Waals surface area (Å²) in [5.41, 5.74) is 2.91. The molecule has 1 saturated heterocycles. The molecule has 2 heterocycles. The monoisotopic (exact) mass is 631 g/mol. The molecule has 0 saturated carbocycles. The fraction of sp³-hybridized carbons (Fsp3) is 0.312. The SMILES string of the molecule is CC1CN(C(=O)CCCCSc2nnc(Cc3ccccc3)n2-c2ccccc2)CCN1C(=O)c1cccc(Br)c1. The number of rotatable bonds is 10. The number of hydrogen-bond donors (Lipinski definition) is 0. The van der Waals surface area contributed by atoms with E-state index < -0.39 is 0 Å². The van der Waals surface area contributed by atoms with E-state index in [4.69, 9.17) is 0 Å². The molecule has 3 aromatic carbocycles. The third kappa shape index (κ3) is 7.45. The lowest BCUT2D eigenvalue weighted by atomic mass is 10.1. The molecular formula is C32H34BrN5O2S. The normalized spacial score (nSPS) is 15.2. The van der Waals surface area contributed by atoms with Crippen LogP contribution < -0.4 is 0 Å². The number of benzene rings is 3. The lowest BCUT2D eigenvalue weighted by Gasteiger charge is -2.40. The Kier molecular flexibility index (Phi) is 9.90. The van der Waals surface area contributed by atoms with Crippen molar-refractivity contribution in [2.45, 2.75) is 43.8 Å². The van der Waals surface area contributed by atoms with Crippen LogP contribution in [-0.2, 0) is 11.2 Å². The van der Waals surface area contributed by atoms with Crippen LogP contribution >= 0.6 is 27.7 Å². The molecule has 212 valence electrons. The predicted molar refractivity (Wildman–Crippen MR) is 166 cm³/mol. The van der Waals surface area contributed by atoms with Gasteiger partial charge in [-0.1, -0.05) is 82.3 Å². The fourth-order valence-electron chi connectivity index (χ4n) is 5.10. The molecule has 2 amide bonds. The van der Waals surface area contributed by atoms with E-state index in [0.29, 0.717) is 38.0 Å². The molecule has 0 aliphatic carbocycles. The van der Waals surface area contributed by atoms with Crippen LogP contribution in [0.2, 0.25) is 0 Å². The molecule has 1 aliphatic rings. The minimum Gasteiger partial charge on any atom is -0.339 e. The van der Waals surface area contributed by atoms with Crippen LogP contribution in [0, 0.1) is 0 Å². The van der Waals surface area contributed by atoms with Crippen LogP contribution in [0.15, 0.2) is 94.6 Å². The summed E-state index contributed by atoms with van der Waals surface area (Å²) < 4.78 is 3.02. The van der Waals surface area contributed by atoms with E-state index in [1.807, 2.05) is 77.4 Å². The third-order valence-corrected chi connectivity index (χ3v) is 8.76. The van der Waals surface area contributed by atoms with Crippen molar-refractivity contribution in [1.82, 2.24) is 24.6 Å². The van der Waals surface area contributed by atoms with E-state index in [1.165, 1.54) is 5.56 Å². The largest absolute Gasteiger partial charge is 0.339 e. The number of aromatic nitrogens is 3. The summed E-state index contributed by atoms with van der Waals surface area (Å²) in [6.07, 6.45) is 2.94. The maximum Gasteiger partial charge on any atom is 0.254 e. The lowest BCUT2D eigenvalue weighted by molar-refractivity contribution is -0.133. The van der Waals surface area contributed by atoms with E-state index in [1.54, 1.807) is 11.8 Å². The minimum atomic E-state index is -0.0239. The number of halogens is 1. The van der Waals surface area contributed by atoms with Crippen LogP contribution in [0.25, 0.3) is 5.69 Å². The van der Waals surface area contributed by atoms with Gasteiger partial charge in [-0.15, -0.1) is 10.2 Å². The van der Waals surface area contributed by atoms with Crippen molar-refractivity contribution >= 4 is 39.5 Å². The maximum atomic E-state index is 13.0. The molecular weight excluding hydrogens is 598 g/mol. The molecule has 41 heavy (non-hydrogen) atoms. The number of carbonyl (C=O) groups excluding carboxylic acids is 2. The average Bonchev–Trinajstić information content (AvgIpc) is 3.39. The first kappa shape index (κ1) is 29.1. The number of nitrogens with zero attached hydrogens (tertiary/aromatic N) is 5. The molecule has 1 atom stereocenters. The van der Waals surface area contributed by atoms with Gasteiger partial charge in [-0.05, 0) is 55.7 Å². The summed E-state index contributed by atoms with van der Waals surface area (Å²) in [6.45, 7) is 3.70. The number of amides is 2. The van der Waals surface area contributed by atoms with Crippen molar-refractivity contribution in [1.29, 1.82) is 0 Å². The molecule has 0 spiro atoms. The summed E-state index contributed by atoms with van der Waals surface area (Å²) in [7, 11) is 0. The molecule has 4 aromatic rings. The maximum absolute atomic E-state index is 13.0. The van der Waals surface area contributed by atoms with Gasteiger partial charge in [0, 0.05) is 60.0 Å². The van der Waals surface area contributed by atoms with Crippen molar-refractivity contribution in [3.63, 3.8) is 0 Å². The zero-order chi connectivity index (χ0) is 28.6. The summed E-state index contributed by atoms with van der Waals surface area (Å²) in [5, 5.41) is 9.91. The van der Waals surface area contributed by atoms with Gasteiger partial charge in [-0.3, -0.25) is 14.2 Å². The van der Waals surface area contributed by atoms with Gasteiger partial charge in [0.1, 0.15) is 5.82 Å². The Morgan fingerprint density at radius 2 is 1.68 bits per heavy atom. The second-order valence-electron chi connectivity index (χ2n) is 10.2. The van der Waals surface area contributed by atoms with E-state index in [2.05, 4.69) is 55.0 Å². The number of thioether (sulfide) groups is 1. The standard InChI is InChI=1S/C32H34BrN5O2S/c1-24-23-36(18-19-37(24)31(40)26-13-10-14-27(33)22-26)30(39)17-8-9-20-41-32-35-34-29(21-25-11-4-2-5-12-25)38(32)28-15-6-3-7-16-28/h2-7,10-16,22,24H,8-9,17-21,23H2,1H3. The fourth-order valence-corrected chi connectivity index (χ4v) is 6.46. The Labute approximate surface area is 254 Å². The van der Waals surface area contributed by atoms with Gasteiger partial charge in [0.25, 0.3) is 5.91 Å². The summed E-state index contributed by atoms with van der Waals surface area (Å²) in [5.74, 6) is 1.94. The van der Waals surface area contributed by atoms with Crippen molar-refractivity contribution in [2.24, 2.45) is 0 Å². The summed E-state index contributed by atoms with van der Waals surface area (Å²) in [4.78, 5) is 29.7. The zero-order valence-electron chi connectivity index (χ0n) is 23.2. The lowest BCUT2D eigenvalue weighted by Crippen LogP contribution is -2.55. The molecule has 0 radical (unpaired) electrons. The van der Waals surface area contributed by atoms with Gasteiger partial charge in [0.2, 0.25) is 5.91 Å². The van der Waals surface area contributed by atoms with Gasteiger partial charge < -0.3 is 9.80 Å². The first-order valence-corrected chi connectivity index (χ1v) is 15.8. The Bertz CT molecular complexity index is 1460. The minimum absolute atomic E-state index is 0.0122. The first-order chi connectivity index (χ1) is 20.0. The molecule has 1 unspecified atom stereocenters. The average molecular weight is 633 g/mol. The number of para-hydroxylation sites is 1. The van der Waals surface area contributed by atoms with E-state index >= 15 is 0 Å². The van der Waals surface area contributed by atoms with Gasteiger partial charge in [-0.2, -0.15) is 0 Å². The van der Waals surface area contributed by atoms with Crippen LogP contribution in [0.1, 0.15) is 47.9 Å². The molecule has 0 N–H and O–H groups in total. The topological polar surface area (TPSA) is 71.3 Å². The van der Waals surface area contributed by atoms with Crippen molar-refractivity contribution in [3.8, 4) is 5.69 Å². The highest BCUT2D eigenvalue weighted by molar-refractivity contribution is 9.10. The number of unbranched alkanes of at least 4 members (excludes halogenated alkanes) is 1. The summed E-state index contributed by atoms with van der Waals surface area (Å²) >= 11 is 5.12. The van der Waals surface area contributed by atoms with Crippen LogP contribution in [0.4, 0.5) is 0 Å². The Hall–Kier alpha value is -3.43. The smallest absolute Gasteiger partial charge is 0.254 e. The molecule has 7 nitrogen and oxygen atoms in total. The molecule has 9 heteroatoms. The quantitative estimate of drug-likeness (QED) is 0.153. The first-order valence-electron chi connectivity index (χ1n) is 14.0. The Morgan fingerprint density at radius 1 is 0.927 bits per heavy atom. The van der Waals surface area contributed by atoms with E-state index in [9.17, 15) is 9.59 Å². The molecule has 1 aromatic heterocycles. The number of carbonyl (C=O) groups is 2. The van der Waals surface area contributed by atoms with Crippen molar-refractivity contribution < 1.29 is 9.59 Å². The Balaban J connectivity index is 1.11. The second kappa shape index (κ2) is 14.0. The van der Waals surface area contributed by atoms with Gasteiger partial charge in [-0.25, -0.2) is 0 Å². The highest BCUT2D eigenvalue weighted by Gasteiger charge is 2.30. The molecule has 0 bridgehead atoms. The van der Waals surface area contributed by atoms with Crippen LogP contribution in [0.5, 0.6) is 0 Å². The highest BCUT2D eigenvalue weighted by Crippen LogP contribution is 2.25. The van der Waals surface area contributed by atoms with Gasteiger partial charge in [0.15, 0.2) is 5.16 Å². The molecule has 5 rings (SSSR count). The van der Waals surface area contributed by atoms with Gasteiger partial charge >= 0.3 is 0 Å². The summed E-state index contributed by atoms with van der Waals surface area (Å²) in [6, 6.07) is 28.0. The predicted octanol–water partition coefficient (Wildman–Crippen LogP) is 6.26. The number of piperazine rings is 1. The molecule has 1 aliphatic heterocycles. The third-order valence-electron chi connectivity index (χ3n) is 7.25. The van der Waals surface area contributed by atoms with Crippen molar-refractivity contribution in [2.75, 3.05) is 25.4 Å². The number of hydrogen-bond acceptors (Lipinski definition) is 5.